The molecule has 0 unspecified atom stereocenters. The minimum atomic E-state index is -0.640. The Balaban J connectivity index is 2.36. The lowest BCUT2D eigenvalue weighted by Crippen LogP contribution is -2.28. The van der Waals surface area contributed by atoms with E-state index in [-0.39, 0.29) is 16.8 Å². The van der Waals surface area contributed by atoms with Gasteiger partial charge in [-0.05, 0) is 37.0 Å². The quantitative estimate of drug-likeness (QED) is 0.622. The number of non-ortho nitro benzene ring substituents is 1. The minimum absolute atomic E-state index is 0.00455. The number of hydrazine groups is 1. The number of anilines is 1. The van der Waals surface area contributed by atoms with Crippen molar-refractivity contribution >= 4 is 17.1 Å². The van der Waals surface area contributed by atoms with E-state index >= 15 is 0 Å². The maximum atomic E-state index is 11.3. The highest BCUT2D eigenvalue weighted by Gasteiger charge is 2.29. The number of hydrogen-bond acceptors (Lipinski definition) is 5. The number of benzene rings is 1. The van der Waals surface area contributed by atoms with Crippen molar-refractivity contribution in [3.05, 3.63) is 56.1 Å². The average Bonchev–Trinajstić information content (AvgIpc) is 2.42. The van der Waals surface area contributed by atoms with E-state index in [4.69, 9.17) is 0 Å². The van der Waals surface area contributed by atoms with Gasteiger partial charge in [-0.3, -0.25) is 10.1 Å². The highest BCUT2D eigenvalue weighted by Crippen LogP contribution is 2.34. The molecule has 0 spiro atoms. The first-order chi connectivity index (χ1) is 10.7. The first-order valence-corrected chi connectivity index (χ1v) is 7.11. The van der Waals surface area contributed by atoms with Gasteiger partial charge in [0.25, 0.3) is 5.69 Å². The third-order valence-electron chi connectivity index (χ3n) is 3.50. The lowest BCUT2D eigenvalue weighted by molar-refractivity contribution is -0.495. The van der Waals surface area contributed by atoms with Crippen LogP contribution in [0.5, 0.6) is 0 Å². The summed E-state index contributed by atoms with van der Waals surface area (Å²) in [6.07, 6.45) is 3.40. The first-order valence-electron chi connectivity index (χ1n) is 7.11. The molecule has 0 heterocycles. The summed E-state index contributed by atoms with van der Waals surface area (Å²) in [7, 11) is 0. The number of nitro benzene ring substituents is 1. The fourth-order valence-electron chi connectivity index (χ4n) is 2.78. The fraction of sp³-hybridized carbons (Fsp3) is 0.400. The zero-order valence-corrected chi connectivity index (χ0v) is 13.2. The second-order valence-corrected chi connectivity index (χ2v) is 6.40. The molecule has 1 aromatic rings. The van der Waals surface area contributed by atoms with Crippen LogP contribution in [0.4, 0.5) is 11.4 Å². The van der Waals surface area contributed by atoms with Crippen LogP contribution in [0.1, 0.15) is 33.6 Å². The molecule has 8 heteroatoms. The highest BCUT2D eigenvalue weighted by molar-refractivity contribution is 5.97. The molecule has 1 aliphatic carbocycles. The van der Waals surface area contributed by atoms with E-state index in [0.29, 0.717) is 17.3 Å². The van der Waals surface area contributed by atoms with Crippen LogP contribution in [0.3, 0.4) is 0 Å². The summed E-state index contributed by atoms with van der Waals surface area (Å²) >= 11 is 0. The predicted molar refractivity (Wildman–Crippen MR) is 86.8 cm³/mol. The summed E-state index contributed by atoms with van der Waals surface area (Å²) in [6.45, 7) is 6.14. The summed E-state index contributed by atoms with van der Waals surface area (Å²) < 4.78 is 0. The lowest BCUT2D eigenvalue weighted by Gasteiger charge is -2.27. The van der Waals surface area contributed by atoms with Crippen molar-refractivity contribution in [1.82, 2.24) is 0 Å². The van der Waals surface area contributed by atoms with Crippen molar-refractivity contribution in [1.29, 1.82) is 0 Å². The zero-order valence-electron chi connectivity index (χ0n) is 13.2. The highest BCUT2D eigenvalue weighted by atomic mass is 16.7. The van der Waals surface area contributed by atoms with Crippen LogP contribution in [-0.4, -0.2) is 15.7 Å². The molecule has 0 atom stereocenters. The molecule has 0 amide bonds. The van der Waals surface area contributed by atoms with Gasteiger partial charge in [0.15, 0.2) is 5.71 Å². The molecule has 1 aliphatic rings. The van der Waals surface area contributed by atoms with Crippen molar-refractivity contribution in [2.24, 2.45) is 10.5 Å². The predicted octanol–water partition coefficient (Wildman–Crippen LogP) is 3.72. The monoisotopic (exact) mass is 318 g/mol. The molecule has 0 saturated heterocycles. The van der Waals surface area contributed by atoms with Gasteiger partial charge >= 0.3 is 0 Å². The van der Waals surface area contributed by atoms with Crippen LogP contribution >= 0.6 is 0 Å². The second kappa shape index (κ2) is 6.15. The molecule has 0 N–H and O–H groups in total. The van der Waals surface area contributed by atoms with Crippen molar-refractivity contribution in [3.8, 4) is 0 Å². The second-order valence-electron chi connectivity index (χ2n) is 6.40. The standard InChI is InChI=1S/C15H18N4O4/c1-11-8-12(10-15(2,3)9-11)16-17(19(22)23)13-4-6-14(7-5-13)18(20)21/h4-8H,9-10H2,1-3H3. The fourth-order valence-corrected chi connectivity index (χ4v) is 2.78. The number of hydrogen-bond donors (Lipinski definition) is 0. The number of nitro groups is 2. The Labute approximate surface area is 133 Å². The van der Waals surface area contributed by atoms with Crippen LogP contribution in [0.25, 0.3) is 0 Å². The summed E-state index contributed by atoms with van der Waals surface area (Å²) in [5.41, 5.74) is 1.78. The minimum Gasteiger partial charge on any atom is -0.339 e. The molecule has 8 nitrogen and oxygen atoms in total. The van der Waals surface area contributed by atoms with E-state index in [1.807, 2.05) is 13.0 Å². The molecule has 0 aliphatic heterocycles. The Morgan fingerprint density at radius 1 is 1.13 bits per heavy atom. The average molecular weight is 318 g/mol. The summed E-state index contributed by atoms with van der Waals surface area (Å²) in [4.78, 5) is 21.4. The van der Waals surface area contributed by atoms with E-state index in [9.17, 15) is 20.2 Å². The van der Waals surface area contributed by atoms with E-state index in [1.165, 1.54) is 24.3 Å². The molecule has 0 fully saturated rings. The molecule has 0 aromatic heterocycles. The smallest absolute Gasteiger partial charge is 0.269 e. The Bertz CT molecular complexity index is 692. The molecule has 23 heavy (non-hydrogen) atoms. The van der Waals surface area contributed by atoms with Crippen molar-refractivity contribution in [2.45, 2.75) is 33.6 Å². The van der Waals surface area contributed by atoms with Gasteiger partial charge in [0.1, 0.15) is 5.69 Å². The Hall–Kier alpha value is -2.77. The van der Waals surface area contributed by atoms with Crippen LogP contribution in [0.2, 0.25) is 0 Å². The van der Waals surface area contributed by atoms with Gasteiger partial charge in [-0.1, -0.05) is 19.4 Å². The topological polar surface area (TPSA) is 102 Å². The number of rotatable bonds is 4. The third kappa shape index (κ3) is 4.12. The number of allylic oxidation sites excluding steroid dienone is 2. The van der Waals surface area contributed by atoms with Crippen LogP contribution in [0, 0.1) is 25.6 Å². The molecule has 0 saturated carbocycles. The van der Waals surface area contributed by atoms with Gasteiger partial charge < -0.3 is 10.1 Å². The van der Waals surface area contributed by atoms with E-state index in [1.54, 1.807) is 0 Å². The zero-order chi connectivity index (χ0) is 17.2. The lowest BCUT2D eigenvalue weighted by atomic mass is 9.77. The molecule has 0 radical (unpaired) electrons. The van der Waals surface area contributed by atoms with Crippen LogP contribution in [0.15, 0.2) is 41.0 Å². The van der Waals surface area contributed by atoms with E-state index in [0.717, 1.165) is 12.0 Å². The number of hydrazone groups is 1. The van der Waals surface area contributed by atoms with Crippen molar-refractivity contribution < 1.29 is 9.96 Å². The summed E-state index contributed by atoms with van der Waals surface area (Å²) in [5, 5.41) is 26.1. The SMILES string of the molecule is CC1=CC(=NN(c2ccc([N+](=O)[O-])cc2)[N+](=O)[O-])CC(C)(C)C1. The van der Waals surface area contributed by atoms with E-state index < -0.39 is 9.96 Å². The molecule has 122 valence electrons. The van der Waals surface area contributed by atoms with Gasteiger partial charge in [0.2, 0.25) is 0 Å². The molecule has 0 bridgehead atoms. The third-order valence-corrected chi connectivity index (χ3v) is 3.50. The summed E-state index contributed by atoms with van der Waals surface area (Å²) in [5.74, 6) is 0. The Kier molecular flexibility index (Phi) is 4.44. The van der Waals surface area contributed by atoms with Crippen molar-refractivity contribution in [3.63, 3.8) is 0 Å². The maximum absolute atomic E-state index is 11.3. The maximum Gasteiger partial charge on any atom is 0.269 e. The molecule has 1 aromatic carbocycles. The van der Waals surface area contributed by atoms with E-state index in [2.05, 4.69) is 18.9 Å². The molecule has 2 rings (SSSR count). The van der Waals surface area contributed by atoms with Gasteiger partial charge in [-0.15, -0.1) is 0 Å². The van der Waals surface area contributed by atoms with Crippen molar-refractivity contribution in [2.75, 3.05) is 5.12 Å². The van der Waals surface area contributed by atoms with Crippen LogP contribution < -0.4 is 5.12 Å². The van der Waals surface area contributed by atoms with Crippen LogP contribution in [-0.2, 0) is 0 Å². The largest absolute Gasteiger partial charge is 0.339 e. The number of nitrogens with zero attached hydrogens (tertiary/aromatic N) is 4. The van der Waals surface area contributed by atoms with Gasteiger partial charge in [0.05, 0.1) is 9.96 Å². The van der Waals surface area contributed by atoms with Gasteiger partial charge in [-0.2, -0.15) is 0 Å². The normalized spacial score (nSPS) is 18.4. The Morgan fingerprint density at radius 3 is 2.22 bits per heavy atom. The molecular formula is C15H18N4O4. The van der Waals surface area contributed by atoms with Gasteiger partial charge in [-0.25, -0.2) is 0 Å². The summed E-state index contributed by atoms with van der Waals surface area (Å²) in [6, 6.07) is 5.07. The molecular weight excluding hydrogens is 300 g/mol. The first kappa shape index (κ1) is 16.6. The van der Waals surface area contributed by atoms with Gasteiger partial charge in [0, 0.05) is 28.8 Å². The Morgan fingerprint density at radius 2 is 1.74 bits per heavy atom.